The van der Waals surface area contributed by atoms with Gasteiger partial charge in [0.1, 0.15) is 6.61 Å². The van der Waals surface area contributed by atoms with Crippen LogP contribution in [0.25, 0.3) is 5.57 Å². The third kappa shape index (κ3) is 4.87. The first-order valence-corrected chi connectivity index (χ1v) is 11.3. The molecule has 1 atom stereocenters. The van der Waals surface area contributed by atoms with Gasteiger partial charge < -0.3 is 14.6 Å². The molecule has 0 spiro atoms. The molecule has 1 aliphatic carbocycles. The van der Waals surface area contributed by atoms with E-state index in [1.807, 2.05) is 0 Å². The fraction of sp³-hybridized carbons (Fsp3) is 0.259. The molecule has 0 saturated heterocycles. The molecule has 1 unspecified atom stereocenters. The summed E-state index contributed by atoms with van der Waals surface area (Å²) in [6, 6.07) is 7.36. The average Bonchev–Trinajstić information content (AvgIpc) is 2.88. The minimum Gasteiger partial charge on any atom is -0.505 e. The SMILES string of the molecule is CCOc1ccc(COc2ccc(C3CC=C(c4ccc(O)c(F)c4F)CC3)c(F)c2F)c(F)c1F. The highest BCUT2D eigenvalue weighted by atomic mass is 19.2. The fourth-order valence-electron chi connectivity index (χ4n) is 4.23. The summed E-state index contributed by atoms with van der Waals surface area (Å²) >= 11 is 0. The molecule has 0 radical (unpaired) electrons. The predicted octanol–water partition coefficient (Wildman–Crippen LogP) is 7.56. The lowest BCUT2D eigenvalue weighted by molar-refractivity contribution is 0.273. The van der Waals surface area contributed by atoms with Crippen molar-refractivity contribution in [1.82, 2.24) is 0 Å². The van der Waals surface area contributed by atoms with Crippen molar-refractivity contribution in [3.8, 4) is 17.2 Å². The Bertz CT molecular complexity index is 1320. The zero-order valence-electron chi connectivity index (χ0n) is 19.2. The highest BCUT2D eigenvalue weighted by Crippen LogP contribution is 2.40. The molecule has 0 bridgehead atoms. The molecular weight excluding hydrogens is 486 g/mol. The summed E-state index contributed by atoms with van der Waals surface area (Å²) in [5.74, 6) is -9.22. The van der Waals surface area contributed by atoms with Crippen molar-refractivity contribution in [1.29, 1.82) is 0 Å². The number of phenolic OH excluding ortho intramolecular Hbond substituents is 1. The molecule has 3 aromatic rings. The zero-order chi connectivity index (χ0) is 26.0. The second-order valence-corrected chi connectivity index (χ2v) is 8.31. The summed E-state index contributed by atoms with van der Waals surface area (Å²) in [5, 5.41) is 9.29. The Morgan fingerprint density at radius 2 is 1.47 bits per heavy atom. The van der Waals surface area contributed by atoms with Gasteiger partial charge in [0.25, 0.3) is 0 Å². The highest BCUT2D eigenvalue weighted by Gasteiger charge is 2.26. The number of hydrogen-bond donors (Lipinski definition) is 1. The lowest BCUT2D eigenvalue weighted by Crippen LogP contribution is -2.10. The standard InChI is InChI=1S/C27H22F6O3/c1-2-35-20-11-7-16(22(28)26(20)32)13-36-21-12-9-18(24(30)27(21)33)15-5-3-14(4-6-15)17-8-10-19(34)25(31)23(17)29/h3,7-12,15,34H,2,4-6,13H2,1H3. The van der Waals surface area contributed by atoms with Crippen molar-refractivity contribution >= 4 is 5.57 Å². The lowest BCUT2D eigenvalue weighted by Gasteiger charge is -2.24. The molecule has 0 heterocycles. The number of allylic oxidation sites excluding steroid dienone is 2. The van der Waals surface area contributed by atoms with Gasteiger partial charge in [-0.1, -0.05) is 12.1 Å². The van der Waals surface area contributed by atoms with E-state index in [9.17, 15) is 31.4 Å². The van der Waals surface area contributed by atoms with Gasteiger partial charge in [-0.3, -0.25) is 0 Å². The molecule has 0 fully saturated rings. The van der Waals surface area contributed by atoms with Crippen LogP contribution in [0.15, 0.2) is 42.5 Å². The summed E-state index contributed by atoms with van der Waals surface area (Å²) in [6.45, 7) is 1.23. The van der Waals surface area contributed by atoms with Crippen LogP contribution in [-0.4, -0.2) is 11.7 Å². The van der Waals surface area contributed by atoms with Crippen molar-refractivity contribution in [2.75, 3.05) is 6.61 Å². The van der Waals surface area contributed by atoms with E-state index in [0.29, 0.717) is 12.0 Å². The molecule has 3 nitrogen and oxygen atoms in total. The van der Waals surface area contributed by atoms with Crippen LogP contribution in [0.5, 0.6) is 17.2 Å². The Morgan fingerprint density at radius 1 is 0.778 bits per heavy atom. The first kappa shape index (κ1) is 25.5. The Kier molecular flexibility index (Phi) is 7.47. The molecule has 0 aliphatic heterocycles. The molecule has 1 N–H and O–H groups in total. The van der Waals surface area contributed by atoms with E-state index in [-0.39, 0.29) is 41.9 Å². The summed E-state index contributed by atoms with van der Waals surface area (Å²) in [7, 11) is 0. The number of halogens is 6. The maximum atomic E-state index is 14.9. The topological polar surface area (TPSA) is 38.7 Å². The van der Waals surface area contributed by atoms with E-state index in [1.54, 1.807) is 13.0 Å². The van der Waals surface area contributed by atoms with Gasteiger partial charge in [0, 0.05) is 11.1 Å². The molecule has 3 aromatic carbocycles. The van der Waals surface area contributed by atoms with Crippen molar-refractivity contribution in [2.45, 2.75) is 38.7 Å². The monoisotopic (exact) mass is 508 g/mol. The van der Waals surface area contributed by atoms with Crippen LogP contribution < -0.4 is 9.47 Å². The first-order chi connectivity index (χ1) is 17.2. The van der Waals surface area contributed by atoms with Gasteiger partial charge in [0.05, 0.1) is 6.61 Å². The van der Waals surface area contributed by atoms with Crippen LogP contribution in [0, 0.1) is 34.9 Å². The van der Waals surface area contributed by atoms with Crippen LogP contribution in [-0.2, 0) is 6.61 Å². The van der Waals surface area contributed by atoms with Gasteiger partial charge in [-0.25, -0.2) is 13.2 Å². The summed E-state index contributed by atoms with van der Waals surface area (Å²) in [5.41, 5.74) is 0.415. The molecule has 0 saturated carbocycles. The minimum atomic E-state index is -1.34. The molecule has 1 aliphatic rings. The zero-order valence-corrected chi connectivity index (χ0v) is 19.2. The summed E-state index contributed by atoms with van der Waals surface area (Å²) in [4.78, 5) is 0. The molecular formula is C27H22F6O3. The van der Waals surface area contributed by atoms with Crippen LogP contribution in [0.1, 0.15) is 48.8 Å². The number of benzene rings is 3. The van der Waals surface area contributed by atoms with Gasteiger partial charge in [-0.2, -0.15) is 13.2 Å². The van der Waals surface area contributed by atoms with Gasteiger partial charge in [0.15, 0.2) is 34.7 Å². The number of ether oxygens (including phenoxy) is 2. The van der Waals surface area contributed by atoms with Gasteiger partial charge in [0.2, 0.25) is 17.5 Å². The number of hydrogen-bond acceptors (Lipinski definition) is 3. The Balaban J connectivity index is 1.48. The predicted molar refractivity (Wildman–Crippen MR) is 121 cm³/mol. The molecule has 190 valence electrons. The number of aromatic hydroxyl groups is 1. The maximum Gasteiger partial charge on any atom is 0.201 e. The molecule has 9 heteroatoms. The van der Waals surface area contributed by atoms with Crippen molar-refractivity contribution in [3.63, 3.8) is 0 Å². The van der Waals surface area contributed by atoms with Gasteiger partial charge in [-0.15, -0.1) is 0 Å². The number of phenols is 1. The molecule has 0 amide bonds. The van der Waals surface area contributed by atoms with E-state index in [2.05, 4.69) is 0 Å². The van der Waals surface area contributed by atoms with Crippen LogP contribution in [0.3, 0.4) is 0 Å². The molecule has 0 aromatic heterocycles. The lowest BCUT2D eigenvalue weighted by atomic mass is 9.82. The van der Waals surface area contributed by atoms with E-state index in [1.165, 1.54) is 30.3 Å². The average molecular weight is 508 g/mol. The molecule has 36 heavy (non-hydrogen) atoms. The maximum absolute atomic E-state index is 14.9. The van der Waals surface area contributed by atoms with Crippen molar-refractivity contribution in [2.24, 2.45) is 0 Å². The van der Waals surface area contributed by atoms with Crippen LogP contribution in [0.2, 0.25) is 0 Å². The van der Waals surface area contributed by atoms with E-state index in [0.717, 1.165) is 6.07 Å². The highest BCUT2D eigenvalue weighted by molar-refractivity contribution is 5.68. The smallest absolute Gasteiger partial charge is 0.201 e. The normalized spacial score (nSPS) is 15.5. The van der Waals surface area contributed by atoms with E-state index >= 15 is 0 Å². The fourth-order valence-corrected chi connectivity index (χ4v) is 4.23. The second-order valence-electron chi connectivity index (χ2n) is 8.31. The largest absolute Gasteiger partial charge is 0.505 e. The Morgan fingerprint density at radius 3 is 2.17 bits per heavy atom. The minimum absolute atomic E-state index is 0.0112. The Labute approximate surface area is 203 Å². The number of rotatable bonds is 7. The third-order valence-corrected chi connectivity index (χ3v) is 6.15. The quantitative estimate of drug-likeness (QED) is 0.335. The van der Waals surface area contributed by atoms with E-state index in [4.69, 9.17) is 9.47 Å². The van der Waals surface area contributed by atoms with Crippen LogP contribution >= 0.6 is 0 Å². The summed E-state index contributed by atoms with van der Waals surface area (Å²) < 4.78 is 95.9. The van der Waals surface area contributed by atoms with Gasteiger partial charge >= 0.3 is 0 Å². The Hall–Kier alpha value is -3.62. The van der Waals surface area contributed by atoms with Crippen molar-refractivity contribution in [3.05, 3.63) is 94.1 Å². The third-order valence-electron chi connectivity index (χ3n) is 6.15. The van der Waals surface area contributed by atoms with Crippen LogP contribution in [0.4, 0.5) is 26.3 Å². The molecule has 4 rings (SSSR count). The second kappa shape index (κ2) is 10.6. The first-order valence-electron chi connectivity index (χ1n) is 11.3. The van der Waals surface area contributed by atoms with Gasteiger partial charge in [-0.05, 0) is 73.6 Å². The van der Waals surface area contributed by atoms with E-state index < -0.39 is 58.9 Å². The summed E-state index contributed by atoms with van der Waals surface area (Å²) in [6.07, 6.45) is 2.52. The van der Waals surface area contributed by atoms with Crippen molar-refractivity contribution < 1.29 is 40.9 Å².